The van der Waals surface area contributed by atoms with Gasteiger partial charge >= 0.3 is 6.16 Å². The average molecular weight is 294 g/mol. The van der Waals surface area contributed by atoms with Crippen molar-refractivity contribution in [2.75, 3.05) is 13.2 Å². The second-order valence-corrected chi connectivity index (χ2v) is 4.50. The molecule has 22 heavy (non-hydrogen) atoms. The highest BCUT2D eigenvalue weighted by atomic mass is 16.7. The van der Waals surface area contributed by atoms with Crippen molar-refractivity contribution >= 4 is 18.3 Å². The third kappa shape index (κ3) is 6.09. The molecular weight excluding hydrogens is 276 g/mol. The summed E-state index contributed by atoms with van der Waals surface area (Å²) in [7, 11) is 0. The highest BCUT2D eigenvalue weighted by Gasteiger charge is 1.99. The van der Waals surface area contributed by atoms with Gasteiger partial charge in [-0.05, 0) is 23.3 Å². The summed E-state index contributed by atoms with van der Waals surface area (Å²) in [6.07, 6.45) is 6.66. The van der Waals surface area contributed by atoms with Gasteiger partial charge in [-0.1, -0.05) is 72.8 Å². The summed E-state index contributed by atoms with van der Waals surface area (Å²) in [5.41, 5.74) is 2.12. The molecule has 0 amide bonds. The first kappa shape index (κ1) is 15.6. The van der Waals surface area contributed by atoms with Crippen molar-refractivity contribution in [2.45, 2.75) is 0 Å². The zero-order valence-corrected chi connectivity index (χ0v) is 12.2. The van der Waals surface area contributed by atoms with E-state index in [0.717, 1.165) is 11.1 Å². The van der Waals surface area contributed by atoms with E-state index in [1.54, 1.807) is 12.2 Å². The molecule has 3 nitrogen and oxygen atoms in total. The van der Waals surface area contributed by atoms with E-state index in [1.807, 2.05) is 72.8 Å². The zero-order valence-electron chi connectivity index (χ0n) is 12.2. The number of hydrogen-bond donors (Lipinski definition) is 0. The average Bonchev–Trinajstić information content (AvgIpc) is 2.57. The van der Waals surface area contributed by atoms with E-state index >= 15 is 0 Å². The topological polar surface area (TPSA) is 35.5 Å². The highest BCUT2D eigenvalue weighted by molar-refractivity contribution is 5.60. The quantitative estimate of drug-likeness (QED) is 0.732. The molecule has 0 spiro atoms. The van der Waals surface area contributed by atoms with Gasteiger partial charge in [-0.3, -0.25) is 0 Å². The van der Waals surface area contributed by atoms with Crippen molar-refractivity contribution in [3.05, 3.63) is 83.9 Å². The van der Waals surface area contributed by atoms with E-state index in [4.69, 9.17) is 9.47 Å². The Hall–Kier alpha value is -2.81. The van der Waals surface area contributed by atoms with Crippen LogP contribution in [0.25, 0.3) is 12.2 Å². The molecule has 0 heterocycles. The first-order valence-corrected chi connectivity index (χ1v) is 7.07. The van der Waals surface area contributed by atoms with Gasteiger partial charge in [0.1, 0.15) is 13.2 Å². The van der Waals surface area contributed by atoms with Gasteiger partial charge in [-0.25, -0.2) is 4.79 Å². The Labute approximate surface area is 130 Å². The number of rotatable bonds is 6. The second-order valence-electron chi connectivity index (χ2n) is 4.50. The molecular formula is C19H18O3. The van der Waals surface area contributed by atoms with E-state index < -0.39 is 6.16 Å². The van der Waals surface area contributed by atoms with E-state index in [0.29, 0.717) is 0 Å². The number of ether oxygens (including phenoxy) is 2. The first-order chi connectivity index (χ1) is 10.8. The molecule has 0 aliphatic rings. The molecule has 0 saturated heterocycles. The van der Waals surface area contributed by atoms with Crippen LogP contribution >= 0.6 is 0 Å². The minimum absolute atomic E-state index is 0.191. The standard InChI is InChI=1S/C19H18O3/c20-19(21-15-7-13-17-9-3-1-4-10-17)22-16-8-14-18-11-5-2-6-12-18/h1-14H,15-16H2. The third-order valence-electron chi connectivity index (χ3n) is 2.81. The molecule has 2 aromatic rings. The van der Waals surface area contributed by atoms with Crippen molar-refractivity contribution in [2.24, 2.45) is 0 Å². The van der Waals surface area contributed by atoms with E-state index in [2.05, 4.69) is 0 Å². The molecule has 2 rings (SSSR count). The van der Waals surface area contributed by atoms with Crippen LogP contribution in [-0.2, 0) is 9.47 Å². The molecule has 0 bridgehead atoms. The normalized spacial score (nSPS) is 10.9. The summed E-state index contributed by atoms with van der Waals surface area (Å²) >= 11 is 0. The SMILES string of the molecule is O=C(OCC=Cc1ccccc1)OCC=Cc1ccccc1. The lowest BCUT2D eigenvalue weighted by molar-refractivity contribution is 0.0720. The predicted octanol–water partition coefficient (Wildman–Crippen LogP) is 4.57. The van der Waals surface area contributed by atoms with Gasteiger partial charge < -0.3 is 9.47 Å². The molecule has 0 aromatic heterocycles. The smallest absolute Gasteiger partial charge is 0.430 e. The van der Waals surface area contributed by atoms with Crippen LogP contribution in [0, 0.1) is 0 Å². The van der Waals surface area contributed by atoms with Crippen LogP contribution in [0.5, 0.6) is 0 Å². The lowest BCUT2D eigenvalue weighted by Gasteiger charge is -2.01. The number of benzene rings is 2. The summed E-state index contributed by atoms with van der Waals surface area (Å²) < 4.78 is 9.87. The molecule has 0 unspecified atom stereocenters. The van der Waals surface area contributed by atoms with Crippen LogP contribution in [0.15, 0.2) is 72.8 Å². The van der Waals surface area contributed by atoms with Gasteiger partial charge in [0.2, 0.25) is 0 Å². The molecule has 0 atom stereocenters. The molecule has 0 N–H and O–H groups in total. The minimum Gasteiger partial charge on any atom is -0.430 e. The molecule has 0 radical (unpaired) electrons. The van der Waals surface area contributed by atoms with Crippen LogP contribution in [0.4, 0.5) is 4.79 Å². The van der Waals surface area contributed by atoms with Crippen LogP contribution < -0.4 is 0 Å². The summed E-state index contributed by atoms with van der Waals surface area (Å²) in [5.74, 6) is 0. The summed E-state index contributed by atoms with van der Waals surface area (Å²) in [4.78, 5) is 11.4. The van der Waals surface area contributed by atoms with Crippen molar-refractivity contribution in [1.82, 2.24) is 0 Å². The van der Waals surface area contributed by atoms with Gasteiger partial charge in [0.15, 0.2) is 0 Å². The van der Waals surface area contributed by atoms with Gasteiger partial charge in [-0.15, -0.1) is 0 Å². The van der Waals surface area contributed by atoms with Crippen molar-refractivity contribution in [1.29, 1.82) is 0 Å². The maximum atomic E-state index is 11.4. The first-order valence-electron chi connectivity index (χ1n) is 7.07. The number of carbonyl (C=O) groups is 1. The zero-order chi connectivity index (χ0) is 15.5. The summed E-state index contributed by atoms with van der Waals surface area (Å²) in [6, 6.07) is 19.6. The number of hydrogen-bond acceptors (Lipinski definition) is 3. The Bertz CT molecular complexity index is 560. The van der Waals surface area contributed by atoms with Crippen LogP contribution in [0.3, 0.4) is 0 Å². The van der Waals surface area contributed by atoms with E-state index in [1.165, 1.54) is 0 Å². The van der Waals surface area contributed by atoms with Gasteiger partial charge in [-0.2, -0.15) is 0 Å². The Morgan fingerprint density at radius 3 is 1.55 bits per heavy atom. The second kappa shape index (κ2) is 9.19. The molecule has 0 fully saturated rings. The van der Waals surface area contributed by atoms with E-state index in [9.17, 15) is 4.79 Å². The lowest BCUT2D eigenvalue weighted by Crippen LogP contribution is -2.07. The predicted molar refractivity (Wildman–Crippen MR) is 88.3 cm³/mol. The maximum Gasteiger partial charge on any atom is 0.508 e. The monoisotopic (exact) mass is 294 g/mol. The molecule has 112 valence electrons. The molecule has 3 heteroatoms. The fourth-order valence-corrected chi connectivity index (χ4v) is 1.77. The van der Waals surface area contributed by atoms with Crippen molar-refractivity contribution < 1.29 is 14.3 Å². The Morgan fingerprint density at radius 2 is 1.14 bits per heavy atom. The third-order valence-corrected chi connectivity index (χ3v) is 2.81. The summed E-state index contributed by atoms with van der Waals surface area (Å²) in [5, 5.41) is 0. The maximum absolute atomic E-state index is 11.4. The molecule has 2 aromatic carbocycles. The van der Waals surface area contributed by atoms with E-state index in [-0.39, 0.29) is 13.2 Å². The Kier molecular flexibility index (Phi) is 6.50. The van der Waals surface area contributed by atoms with Crippen LogP contribution in [0.2, 0.25) is 0 Å². The van der Waals surface area contributed by atoms with Crippen molar-refractivity contribution in [3.63, 3.8) is 0 Å². The largest absolute Gasteiger partial charge is 0.508 e. The lowest BCUT2D eigenvalue weighted by atomic mass is 10.2. The Morgan fingerprint density at radius 1 is 0.727 bits per heavy atom. The fraction of sp³-hybridized carbons (Fsp3) is 0.105. The highest BCUT2D eigenvalue weighted by Crippen LogP contribution is 2.02. The Balaban J connectivity index is 1.62. The van der Waals surface area contributed by atoms with Gasteiger partial charge in [0.25, 0.3) is 0 Å². The van der Waals surface area contributed by atoms with Gasteiger partial charge in [0, 0.05) is 0 Å². The molecule has 0 aliphatic carbocycles. The molecule has 0 aliphatic heterocycles. The van der Waals surface area contributed by atoms with Crippen LogP contribution in [0.1, 0.15) is 11.1 Å². The molecule has 0 saturated carbocycles. The number of carbonyl (C=O) groups excluding carboxylic acids is 1. The fourth-order valence-electron chi connectivity index (χ4n) is 1.77. The van der Waals surface area contributed by atoms with Crippen LogP contribution in [-0.4, -0.2) is 19.4 Å². The van der Waals surface area contributed by atoms with Crippen molar-refractivity contribution in [3.8, 4) is 0 Å². The minimum atomic E-state index is -0.671. The summed E-state index contributed by atoms with van der Waals surface area (Å²) in [6.45, 7) is 0.381. The van der Waals surface area contributed by atoms with Gasteiger partial charge in [0.05, 0.1) is 0 Å².